The lowest BCUT2D eigenvalue weighted by Gasteiger charge is -2.28. The van der Waals surface area contributed by atoms with Gasteiger partial charge >= 0.3 is 0 Å². The lowest BCUT2D eigenvalue weighted by Crippen LogP contribution is -2.40. The summed E-state index contributed by atoms with van der Waals surface area (Å²) in [6, 6.07) is 1.88. The van der Waals surface area contributed by atoms with E-state index < -0.39 is 11.8 Å². The maximum Gasteiger partial charge on any atom is 0.169 e. The van der Waals surface area contributed by atoms with Gasteiger partial charge in [0.15, 0.2) is 5.72 Å². The number of hydrogen-bond acceptors (Lipinski definition) is 4. The summed E-state index contributed by atoms with van der Waals surface area (Å²) in [5.74, 6) is 0. The average Bonchev–Trinajstić information content (AvgIpc) is 2.86. The highest BCUT2D eigenvalue weighted by molar-refractivity contribution is 5.78. The highest BCUT2D eigenvalue weighted by atomic mass is 16.4. The Labute approximate surface area is 98.7 Å². The molecule has 2 N–H and O–H groups in total. The van der Waals surface area contributed by atoms with Crippen LogP contribution in [0.4, 0.5) is 0 Å². The number of nitrogens with zero attached hydrogens (tertiary/aromatic N) is 3. The lowest BCUT2D eigenvalue weighted by molar-refractivity contribution is -0.112. The van der Waals surface area contributed by atoms with Crippen LogP contribution in [0.3, 0.4) is 0 Å². The Hall–Kier alpha value is -1.46. The Bertz CT molecular complexity index is 566. The van der Waals surface area contributed by atoms with Crippen molar-refractivity contribution in [2.24, 2.45) is 0 Å². The number of aromatic nitrogens is 3. The molecule has 2 aromatic heterocycles. The predicted molar refractivity (Wildman–Crippen MR) is 62.3 cm³/mol. The zero-order chi connectivity index (χ0) is 12.0. The second kappa shape index (κ2) is 3.51. The fourth-order valence-electron chi connectivity index (χ4n) is 2.62. The molecule has 1 saturated carbocycles. The number of fused-ring (bicyclic) bond motifs is 1. The second-order valence-corrected chi connectivity index (χ2v) is 4.67. The van der Waals surface area contributed by atoms with E-state index in [1.54, 1.807) is 10.8 Å². The summed E-state index contributed by atoms with van der Waals surface area (Å²) in [5, 5.41) is 21.4. The van der Waals surface area contributed by atoms with Crippen molar-refractivity contribution < 1.29 is 10.2 Å². The van der Waals surface area contributed by atoms with Gasteiger partial charge in [-0.2, -0.15) is 0 Å². The monoisotopic (exact) mass is 233 g/mol. The van der Waals surface area contributed by atoms with Crippen molar-refractivity contribution in [3.8, 4) is 0 Å². The lowest BCUT2D eigenvalue weighted by atomic mass is 10.1. The number of aryl methyl sites for hydroxylation is 1. The van der Waals surface area contributed by atoms with Crippen LogP contribution in [-0.2, 0) is 5.72 Å². The Morgan fingerprint density at radius 1 is 1.47 bits per heavy atom. The molecule has 2 atom stereocenters. The minimum Gasteiger partial charge on any atom is -0.388 e. The van der Waals surface area contributed by atoms with Crippen LogP contribution >= 0.6 is 0 Å². The van der Waals surface area contributed by atoms with E-state index in [2.05, 4.69) is 9.97 Å². The van der Waals surface area contributed by atoms with Crippen molar-refractivity contribution in [1.82, 2.24) is 14.5 Å². The van der Waals surface area contributed by atoms with Crippen LogP contribution in [0.1, 0.15) is 25.0 Å². The Morgan fingerprint density at radius 3 is 3.00 bits per heavy atom. The molecule has 0 bridgehead atoms. The summed E-state index contributed by atoms with van der Waals surface area (Å²) in [5.41, 5.74) is 0.341. The van der Waals surface area contributed by atoms with Gasteiger partial charge in [0.05, 0.1) is 5.69 Å². The topological polar surface area (TPSA) is 71.2 Å². The molecule has 2 aromatic rings. The maximum atomic E-state index is 10.6. The number of aliphatic hydroxyl groups is 2. The van der Waals surface area contributed by atoms with Crippen molar-refractivity contribution in [1.29, 1.82) is 0 Å². The first-order chi connectivity index (χ1) is 8.13. The molecule has 0 aliphatic heterocycles. The zero-order valence-electron chi connectivity index (χ0n) is 9.67. The molecule has 1 aliphatic rings. The molecule has 17 heavy (non-hydrogen) atoms. The van der Waals surface area contributed by atoms with E-state index in [0.29, 0.717) is 18.5 Å². The normalized spacial score (nSPS) is 29.0. The van der Waals surface area contributed by atoms with Crippen LogP contribution in [0.25, 0.3) is 11.0 Å². The minimum absolute atomic E-state index is 0.557. The third-order valence-corrected chi connectivity index (χ3v) is 3.65. The molecule has 1 aliphatic carbocycles. The number of hydrogen-bond donors (Lipinski definition) is 2. The summed E-state index contributed by atoms with van der Waals surface area (Å²) in [4.78, 5) is 8.33. The quantitative estimate of drug-likeness (QED) is 0.768. The van der Waals surface area contributed by atoms with Crippen molar-refractivity contribution in [2.75, 3.05) is 0 Å². The fraction of sp³-hybridized carbons (Fsp3) is 0.500. The van der Waals surface area contributed by atoms with Gasteiger partial charge in [0.1, 0.15) is 18.1 Å². The Balaban J connectivity index is 2.21. The van der Waals surface area contributed by atoms with E-state index in [-0.39, 0.29) is 0 Å². The van der Waals surface area contributed by atoms with Gasteiger partial charge in [-0.25, -0.2) is 9.97 Å². The van der Waals surface area contributed by atoms with Gasteiger partial charge in [-0.1, -0.05) is 0 Å². The van der Waals surface area contributed by atoms with Crippen molar-refractivity contribution in [3.05, 3.63) is 24.3 Å². The van der Waals surface area contributed by atoms with Crippen LogP contribution in [-0.4, -0.2) is 30.9 Å². The third kappa shape index (κ3) is 1.39. The minimum atomic E-state index is -1.22. The van der Waals surface area contributed by atoms with E-state index >= 15 is 0 Å². The average molecular weight is 233 g/mol. The number of rotatable bonds is 1. The highest BCUT2D eigenvalue weighted by Crippen LogP contribution is 2.36. The summed E-state index contributed by atoms with van der Waals surface area (Å²) < 4.78 is 1.68. The van der Waals surface area contributed by atoms with E-state index in [0.717, 1.165) is 17.5 Å². The third-order valence-electron chi connectivity index (χ3n) is 3.65. The Kier molecular flexibility index (Phi) is 2.21. The highest BCUT2D eigenvalue weighted by Gasteiger charge is 2.42. The van der Waals surface area contributed by atoms with E-state index in [4.69, 9.17) is 0 Å². The molecular formula is C12H15N3O2. The van der Waals surface area contributed by atoms with Crippen LogP contribution in [0.5, 0.6) is 0 Å². The molecular weight excluding hydrogens is 218 g/mol. The van der Waals surface area contributed by atoms with Gasteiger partial charge in [-0.05, 0) is 32.3 Å². The standard InChI is InChI=1S/C12H15N3O2/c1-8-9-4-6-15(11(9)14-7-13-8)12(17)5-2-3-10(12)16/h4,6-7,10,16-17H,2-3,5H2,1H3. The van der Waals surface area contributed by atoms with Crippen molar-refractivity contribution >= 4 is 11.0 Å². The van der Waals surface area contributed by atoms with E-state index in [1.807, 2.05) is 13.0 Å². The molecule has 5 heteroatoms. The van der Waals surface area contributed by atoms with Gasteiger partial charge in [-0.3, -0.25) is 0 Å². The van der Waals surface area contributed by atoms with Gasteiger partial charge in [0, 0.05) is 11.6 Å². The molecule has 2 heterocycles. The largest absolute Gasteiger partial charge is 0.388 e. The van der Waals surface area contributed by atoms with Gasteiger partial charge in [0.2, 0.25) is 0 Å². The zero-order valence-corrected chi connectivity index (χ0v) is 9.67. The van der Waals surface area contributed by atoms with Crippen LogP contribution < -0.4 is 0 Å². The van der Waals surface area contributed by atoms with E-state index in [1.165, 1.54) is 6.33 Å². The molecule has 5 nitrogen and oxygen atoms in total. The summed E-state index contributed by atoms with van der Waals surface area (Å²) >= 11 is 0. The smallest absolute Gasteiger partial charge is 0.169 e. The van der Waals surface area contributed by atoms with Crippen LogP contribution in [0, 0.1) is 6.92 Å². The first-order valence-electron chi connectivity index (χ1n) is 5.82. The second-order valence-electron chi connectivity index (χ2n) is 4.67. The molecule has 0 radical (unpaired) electrons. The molecule has 3 rings (SSSR count). The van der Waals surface area contributed by atoms with Gasteiger partial charge in [0.25, 0.3) is 0 Å². The van der Waals surface area contributed by atoms with Gasteiger partial charge < -0.3 is 14.8 Å². The maximum absolute atomic E-state index is 10.6. The molecule has 0 aromatic carbocycles. The Morgan fingerprint density at radius 2 is 2.29 bits per heavy atom. The summed E-state index contributed by atoms with van der Waals surface area (Å²) in [6.45, 7) is 1.91. The SMILES string of the molecule is Cc1ncnc2c1ccn2C1(O)CCCC1O. The van der Waals surface area contributed by atoms with Gasteiger partial charge in [-0.15, -0.1) is 0 Å². The van der Waals surface area contributed by atoms with Crippen molar-refractivity contribution in [2.45, 2.75) is 38.0 Å². The molecule has 0 amide bonds. The molecule has 1 fully saturated rings. The first kappa shape index (κ1) is 10.7. The summed E-state index contributed by atoms with van der Waals surface area (Å²) in [6.07, 6.45) is 4.54. The molecule has 2 unspecified atom stereocenters. The molecule has 0 spiro atoms. The number of aliphatic hydroxyl groups excluding tert-OH is 1. The van der Waals surface area contributed by atoms with Crippen molar-refractivity contribution in [3.63, 3.8) is 0 Å². The first-order valence-corrected chi connectivity index (χ1v) is 5.82. The predicted octanol–water partition coefficient (Wildman–Crippen LogP) is 0.930. The molecule has 90 valence electrons. The summed E-state index contributed by atoms with van der Waals surface area (Å²) in [7, 11) is 0. The van der Waals surface area contributed by atoms with Crippen LogP contribution in [0.2, 0.25) is 0 Å². The fourth-order valence-corrected chi connectivity index (χ4v) is 2.62. The molecule has 0 saturated heterocycles. The van der Waals surface area contributed by atoms with E-state index in [9.17, 15) is 10.2 Å². The van der Waals surface area contributed by atoms with Crippen LogP contribution in [0.15, 0.2) is 18.6 Å².